The number of carbonyl (C=O) groups is 1. The van der Waals surface area contributed by atoms with Gasteiger partial charge in [0.2, 0.25) is 0 Å². The summed E-state index contributed by atoms with van der Waals surface area (Å²) >= 11 is 1.62. The fourth-order valence-electron chi connectivity index (χ4n) is 2.09. The highest BCUT2D eigenvalue weighted by Gasteiger charge is 2.09. The number of aromatic carboxylic acids is 1. The third kappa shape index (κ3) is 2.64. The molecular formula is C16H12N2O2S. The van der Waals surface area contributed by atoms with Crippen molar-refractivity contribution in [3.8, 4) is 22.3 Å². The molecule has 0 bridgehead atoms. The molecule has 5 heteroatoms. The van der Waals surface area contributed by atoms with Crippen LogP contribution in [0.4, 0.5) is 5.82 Å². The maximum atomic E-state index is 10.9. The van der Waals surface area contributed by atoms with Crippen LogP contribution in [0.5, 0.6) is 0 Å². The van der Waals surface area contributed by atoms with Crippen LogP contribution in [0.1, 0.15) is 10.4 Å². The molecule has 3 aromatic rings. The number of nitrogen functional groups attached to an aromatic ring is 1. The maximum absolute atomic E-state index is 10.9. The summed E-state index contributed by atoms with van der Waals surface area (Å²) in [4.78, 5) is 15.1. The highest BCUT2D eigenvalue weighted by atomic mass is 32.1. The number of hydrogen-bond acceptors (Lipinski definition) is 4. The number of thiophene rings is 1. The minimum Gasteiger partial charge on any atom is -0.478 e. The Balaban J connectivity index is 2.05. The van der Waals surface area contributed by atoms with Crippen molar-refractivity contribution in [3.63, 3.8) is 0 Å². The number of benzene rings is 1. The average molecular weight is 296 g/mol. The van der Waals surface area contributed by atoms with E-state index in [2.05, 4.69) is 4.98 Å². The van der Waals surface area contributed by atoms with Gasteiger partial charge in [0.1, 0.15) is 5.82 Å². The first kappa shape index (κ1) is 13.3. The molecule has 3 N–H and O–H groups in total. The molecule has 0 unspecified atom stereocenters. The summed E-state index contributed by atoms with van der Waals surface area (Å²) in [6, 6.07) is 10.6. The monoisotopic (exact) mass is 296 g/mol. The molecule has 21 heavy (non-hydrogen) atoms. The molecule has 0 saturated heterocycles. The third-order valence-corrected chi connectivity index (χ3v) is 3.90. The summed E-state index contributed by atoms with van der Waals surface area (Å²) in [6.07, 6.45) is 1.74. The first-order valence-corrected chi connectivity index (χ1v) is 7.21. The Labute approximate surface area is 125 Å². The quantitative estimate of drug-likeness (QED) is 0.771. The van der Waals surface area contributed by atoms with E-state index in [-0.39, 0.29) is 5.56 Å². The van der Waals surface area contributed by atoms with E-state index in [1.807, 2.05) is 22.9 Å². The Morgan fingerprint density at radius 3 is 2.48 bits per heavy atom. The molecule has 3 rings (SSSR count). The van der Waals surface area contributed by atoms with Gasteiger partial charge in [-0.2, -0.15) is 11.3 Å². The van der Waals surface area contributed by atoms with Crippen LogP contribution in [-0.4, -0.2) is 16.1 Å². The van der Waals surface area contributed by atoms with Crippen LogP contribution in [0.2, 0.25) is 0 Å². The first-order chi connectivity index (χ1) is 10.1. The zero-order valence-corrected chi connectivity index (χ0v) is 11.8. The van der Waals surface area contributed by atoms with Gasteiger partial charge in [-0.3, -0.25) is 0 Å². The van der Waals surface area contributed by atoms with E-state index >= 15 is 0 Å². The summed E-state index contributed by atoms with van der Waals surface area (Å²) in [5, 5.41) is 13.0. The van der Waals surface area contributed by atoms with Crippen molar-refractivity contribution in [2.75, 3.05) is 5.73 Å². The molecule has 1 aromatic carbocycles. The van der Waals surface area contributed by atoms with Crippen molar-refractivity contribution in [1.29, 1.82) is 0 Å². The summed E-state index contributed by atoms with van der Waals surface area (Å²) in [5.74, 6) is -0.517. The van der Waals surface area contributed by atoms with E-state index in [4.69, 9.17) is 10.8 Å². The highest BCUT2D eigenvalue weighted by molar-refractivity contribution is 7.08. The fraction of sp³-hybridized carbons (Fsp3) is 0. The van der Waals surface area contributed by atoms with Crippen LogP contribution >= 0.6 is 11.3 Å². The van der Waals surface area contributed by atoms with E-state index in [0.717, 1.165) is 22.3 Å². The largest absolute Gasteiger partial charge is 0.478 e. The number of rotatable bonds is 3. The van der Waals surface area contributed by atoms with Gasteiger partial charge < -0.3 is 10.8 Å². The van der Waals surface area contributed by atoms with Crippen LogP contribution in [-0.2, 0) is 0 Å². The minimum atomic E-state index is -0.945. The predicted octanol–water partition coefficient (Wildman–Crippen LogP) is 3.76. The number of aromatic nitrogens is 1. The first-order valence-electron chi connectivity index (χ1n) is 6.27. The molecule has 0 amide bonds. The molecular weight excluding hydrogens is 284 g/mol. The van der Waals surface area contributed by atoms with Crippen molar-refractivity contribution in [2.45, 2.75) is 0 Å². The van der Waals surface area contributed by atoms with Crippen molar-refractivity contribution >= 4 is 23.1 Å². The van der Waals surface area contributed by atoms with Crippen LogP contribution in [0.15, 0.2) is 53.4 Å². The van der Waals surface area contributed by atoms with Crippen LogP contribution < -0.4 is 5.73 Å². The number of pyridine rings is 1. The number of carboxylic acid groups (broad SMARTS) is 1. The predicted molar refractivity (Wildman–Crippen MR) is 84.4 cm³/mol. The third-order valence-electron chi connectivity index (χ3n) is 3.22. The highest BCUT2D eigenvalue weighted by Crippen LogP contribution is 2.30. The molecule has 0 aliphatic heterocycles. The zero-order chi connectivity index (χ0) is 14.8. The van der Waals surface area contributed by atoms with Gasteiger partial charge in [-0.1, -0.05) is 12.1 Å². The normalized spacial score (nSPS) is 10.5. The molecule has 0 saturated carbocycles. The Kier molecular flexibility index (Phi) is 3.41. The molecule has 0 spiro atoms. The van der Waals surface area contributed by atoms with Gasteiger partial charge in [0.05, 0.1) is 5.56 Å². The Bertz CT molecular complexity index is 781. The van der Waals surface area contributed by atoms with Gasteiger partial charge in [-0.25, -0.2) is 9.78 Å². The SMILES string of the molecule is Nc1ncc(-c2ccsc2)cc1-c1ccc(C(=O)O)cc1. The Hall–Kier alpha value is -2.66. The molecule has 0 radical (unpaired) electrons. The van der Waals surface area contributed by atoms with Crippen LogP contribution in [0.3, 0.4) is 0 Å². The van der Waals surface area contributed by atoms with Gasteiger partial charge in [0.15, 0.2) is 0 Å². The second-order valence-corrected chi connectivity index (χ2v) is 5.33. The number of nitrogens with two attached hydrogens (primary N) is 1. The van der Waals surface area contributed by atoms with Crippen molar-refractivity contribution < 1.29 is 9.90 Å². The lowest BCUT2D eigenvalue weighted by molar-refractivity contribution is 0.0697. The molecule has 0 aliphatic rings. The summed E-state index contributed by atoms with van der Waals surface area (Å²) in [5.41, 5.74) is 9.93. The molecule has 4 nitrogen and oxygen atoms in total. The van der Waals surface area contributed by atoms with E-state index < -0.39 is 5.97 Å². The van der Waals surface area contributed by atoms with E-state index in [0.29, 0.717) is 5.82 Å². The van der Waals surface area contributed by atoms with Gasteiger partial charge in [-0.15, -0.1) is 0 Å². The Morgan fingerprint density at radius 2 is 1.86 bits per heavy atom. The molecule has 104 valence electrons. The lowest BCUT2D eigenvalue weighted by Gasteiger charge is -2.08. The van der Waals surface area contributed by atoms with E-state index in [9.17, 15) is 4.79 Å². The summed E-state index contributed by atoms with van der Waals surface area (Å²) in [6.45, 7) is 0. The smallest absolute Gasteiger partial charge is 0.335 e. The van der Waals surface area contributed by atoms with Gasteiger partial charge in [0.25, 0.3) is 0 Å². The van der Waals surface area contributed by atoms with Gasteiger partial charge >= 0.3 is 5.97 Å². The van der Waals surface area contributed by atoms with Crippen molar-refractivity contribution in [1.82, 2.24) is 4.98 Å². The van der Waals surface area contributed by atoms with Crippen molar-refractivity contribution in [2.24, 2.45) is 0 Å². The van der Waals surface area contributed by atoms with Crippen LogP contribution in [0.25, 0.3) is 22.3 Å². The molecule has 0 fully saturated rings. The number of hydrogen-bond donors (Lipinski definition) is 2. The zero-order valence-electron chi connectivity index (χ0n) is 11.0. The van der Waals surface area contributed by atoms with E-state index in [1.165, 1.54) is 0 Å². The second kappa shape index (κ2) is 5.38. The average Bonchev–Trinajstić information content (AvgIpc) is 3.02. The Morgan fingerprint density at radius 1 is 1.10 bits per heavy atom. The van der Waals surface area contributed by atoms with E-state index in [1.54, 1.807) is 41.8 Å². The fourth-order valence-corrected chi connectivity index (χ4v) is 2.75. The molecule has 0 aliphatic carbocycles. The molecule has 0 atom stereocenters. The standard InChI is InChI=1S/C16H12N2O2S/c17-15-14(10-1-3-11(4-2-10)16(19)20)7-13(8-18-15)12-5-6-21-9-12/h1-9H,(H2,17,18)(H,19,20). The van der Waals surface area contributed by atoms with Crippen LogP contribution in [0, 0.1) is 0 Å². The number of carboxylic acids is 1. The topological polar surface area (TPSA) is 76.2 Å². The van der Waals surface area contributed by atoms with Crippen molar-refractivity contribution in [3.05, 3.63) is 58.9 Å². The maximum Gasteiger partial charge on any atom is 0.335 e. The van der Waals surface area contributed by atoms with Gasteiger partial charge in [-0.05, 0) is 46.2 Å². The second-order valence-electron chi connectivity index (χ2n) is 4.55. The minimum absolute atomic E-state index is 0.249. The summed E-state index contributed by atoms with van der Waals surface area (Å²) in [7, 11) is 0. The van der Waals surface area contributed by atoms with Gasteiger partial charge in [0, 0.05) is 17.3 Å². The number of nitrogens with zero attached hydrogens (tertiary/aromatic N) is 1. The summed E-state index contributed by atoms with van der Waals surface area (Å²) < 4.78 is 0. The number of anilines is 1. The molecule has 2 aromatic heterocycles. The molecule has 2 heterocycles. The lowest BCUT2D eigenvalue weighted by Crippen LogP contribution is -1.97. The lowest BCUT2D eigenvalue weighted by atomic mass is 10.0.